The van der Waals surface area contributed by atoms with E-state index in [9.17, 15) is 9.59 Å². The fourth-order valence-corrected chi connectivity index (χ4v) is 4.27. The van der Waals surface area contributed by atoms with Gasteiger partial charge in [0.25, 0.3) is 0 Å². The van der Waals surface area contributed by atoms with Crippen molar-refractivity contribution >= 4 is 51.3 Å². The largest absolute Gasteiger partial charge is 0.383 e. The molecule has 0 fully saturated rings. The van der Waals surface area contributed by atoms with Gasteiger partial charge in [-0.05, 0) is 12.1 Å². The van der Waals surface area contributed by atoms with Crippen molar-refractivity contribution in [2.24, 2.45) is 0 Å². The second-order valence-corrected chi connectivity index (χ2v) is 8.05. The van der Waals surface area contributed by atoms with E-state index in [0.29, 0.717) is 30.3 Å². The van der Waals surface area contributed by atoms with E-state index in [1.54, 1.807) is 13.2 Å². The second-order valence-electron chi connectivity index (χ2n) is 4.68. The standard InChI is InChI=1S/C14H18N4O3S3/c1-9(19)16-7-10-3-4-12(23-10)11(20)8-22-14-18-17-13(24-14)15-5-6-21-2/h3-4H,5-8H2,1-2H3,(H,15,17)(H,16,19). The smallest absolute Gasteiger partial charge is 0.217 e. The van der Waals surface area contributed by atoms with Gasteiger partial charge in [-0.2, -0.15) is 0 Å². The number of aromatic nitrogens is 2. The summed E-state index contributed by atoms with van der Waals surface area (Å²) in [5.41, 5.74) is 0. The second kappa shape index (κ2) is 9.72. The number of amides is 1. The van der Waals surface area contributed by atoms with E-state index in [1.165, 1.54) is 41.4 Å². The summed E-state index contributed by atoms with van der Waals surface area (Å²) in [6, 6.07) is 3.66. The van der Waals surface area contributed by atoms with Gasteiger partial charge in [-0.15, -0.1) is 21.5 Å². The molecule has 7 nitrogen and oxygen atoms in total. The lowest BCUT2D eigenvalue weighted by atomic mass is 10.3. The van der Waals surface area contributed by atoms with Gasteiger partial charge in [-0.25, -0.2) is 0 Å². The number of carbonyl (C=O) groups is 2. The lowest BCUT2D eigenvalue weighted by Crippen LogP contribution is -2.18. The molecule has 0 unspecified atom stereocenters. The minimum Gasteiger partial charge on any atom is -0.383 e. The van der Waals surface area contributed by atoms with Crippen LogP contribution in [-0.2, 0) is 16.1 Å². The summed E-state index contributed by atoms with van der Waals surface area (Å²) in [6.45, 7) is 3.19. The maximum Gasteiger partial charge on any atom is 0.217 e. The van der Waals surface area contributed by atoms with Crippen molar-refractivity contribution in [1.82, 2.24) is 15.5 Å². The van der Waals surface area contributed by atoms with Crippen LogP contribution in [0.5, 0.6) is 0 Å². The molecule has 0 atom stereocenters. The number of thiophene rings is 1. The van der Waals surface area contributed by atoms with Crippen molar-refractivity contribution in [1.29, 1.82) is 0 Å². The zero-order valence-corrected chi connectivity index (χ0v) is 15.8. The predicted molar refractivity (Wildman–Crippen MR) is 97.2 cm³/mol. The first-order valence-corrected chi connectivity index (χ1v) is 9.76. The van der Waals surface area contributed by atoms with Crippen molar-refractivity contribution in [3.63, 3.8) is 0 Å². The molecule has 0 aliphatic heterocycles. The average molecular weight is 387 g/mol. The molecule has 0 spiro atoms. The fourth-order valence-electron chi connectivity index (χ4n) is 1.63. The van der Waals surface area contributed by atoms with Crippen LogP contribution in [0.2, 0.25) is 0 Å². The Morgan fingerprint density at radius 2 is 2.12 bits per heavy atom. The number of methoxy groups -OCH3 is 1. The highest BCUT2D eigenvalue weighted by atomic mass is 32.2. The number of hydrogen-bond donors (Lipinski definition) is 2. The highest BCUT2D eigenvalue weighted by Gasteiger charge is 2.12. The van der Waals surface area contributed by atoms with Gasteiger partial charge >= 0.3 is 0 Å². The van der Waals surface area contributed by atoms with Crippen LogP contribution < -0.4 is 10.6 Å². The van der Waals surface area contributed by atoms with Crippen molar-refractivity contribution in [3.05, 3.63) is 21.9 Å². The van der Waals surface area contributed by atoms with E-state index < -0.39 is 0 Å². The van der Waals surface area contributed by atoms with Crippen molar-refractivity contribution in [2.45, 2.75) is 17.8 Å². The highest BCUT2D eigenvalue weighted by Crippen LogP contribution is 2.27. The van der Waals surface area contributed by atoms with Gasteiger partial charge in [0, 0.05) is 25.5 Å². The minimum atomic E-state index is -0.0852. The van der Waals surface area contributed by atoms with Crippen LogP contribution in [0, 0.1) is 0 Å². The molecule has 2 rings (SSSR count). The summed E-state index contributed by atoms with van der Waals surface area (Å²) < 4.78 is 5.70. The maximum absolute atomic E-state index is 12.2. The molecule has 0 saturated heterocycles. The molecule has 2 heterocycles. The number of anilines is 1. The number of thioether (sulfide) groups is 1. The number of ketones is 1. The summed E-state index contributed by atoms with van der Waals surface area (Å²) in [7, 11) is 1.64. The van der Waals surface area contributed by atoms with Crippen LogP contribution >= 0.6 is 34.4 Å². The lowest BCUT2D eigenvalue weighted by molar-refractivity contribution is -0.119. The van der Waals surface area contributed by atoms with E-state index >= 15 is 0 Å². The first-order chi connectivity index (χ1) is 11.6. The van der Waals surface area contributed by atoms with E-state index in [2.05, 4.69) is 20.8 Å². The summed E-state index contributed by atoms with van der Waals surface area (Å²) >= 11 is 4.19. The number of nitrogens with zero attached hydrogens (tertiary/aromatic N) is 2. The van der Waals surface area contributed by atoms with Crippen LogP contribution in [0.25, 0.3) is 0 Å². The summed E-state index contributed by atoms with van der Waals surface area (Å²) in [6.07, 6.45) is 0. The van der Waals surface area contributed by atoms with Gasteiger partial charge in [-0.3, -0.25) is 9.59 Å². The van der Waals surface area contributed by atoms with Crippen LogP contribution in [0.4, 0.5) is 5.13 Å². The Labute approximate surface area is 152 Å². The average Bonchev–Trinajstić information content (AvgIpc) is 3.20. The van der Waals surface area contributed by atoms with Crippen LogP contribution in [0.1, 0.15) is 21.5 Å². The van der Waals surface area contributed by atoms with Crippen molar-refractivity contribution in [2.75, 3.05) is 31.3 Å². The van der Waals surface area contributed by atoms with Crippen LogP contribution in [-0.4, -0.2) is 47.9 Å². The summed E-state index contributed by atoms with van der Waals surface area (Å²) in [4.78, 5) is 24.8. The third kappa shape index (κ3) is 6.19. The first kappa shape index (κ1) is 18.8. The Balaban J connectivity index is 1.79. The molecule has 0 aliphatic carbocycles. The van der Waals surface area contributed by atoms with Crippen LogP contribution in [0.3, 0.4) is 0 Å². The van der Waals surface area contributed by atoms with E-state index in [-0.39, 0.29) is 11.7 Å². The molecule has 0 radical (unpaired) electrons. The Hall–Kier alpha value is -1.49. The molecular weight excluding hydrogens is 368 g/mol. The Morgan fingerprint density at radius 3 is 2.88 bits per heavy atom. The van der Waals surface area contributed by atoms with Gasteiger partial charge in [0.05, 0.1) is 23.8 Å². The monoisotopic (exact) mass is 386 g/mol. The number of rotatable bonds is 10. The zero-order valence-electron chi connectivity index (χ0n) is 13.3. The Morgan fingerprint density at radius 1 is 1.29 bits per heavy atom. The number of carbonyl (C=O) groups excluding carboxylic acids is 2. The molecule has 2 aromatic rings. The van der Waals surface area contributed by atoms with Gasteiger partial charge in [0.2, 0.25) is 11.0 Å². The molecular formula is C14H18N4O3S3. The van der Waals surface area contributed by atoms with Gasteiger partial charge in [0.15, 0.2) is 10.1 Å². The molecule has 130 valence electrons. The van der Waals surface area contributed by atoms with Crippen LogP contribution in [0.15, 0.2) is 16.5 Å². The lowest BCUT2D eigenvalue weighted by Gasteiger charge is -1.98. The molecule has 0 bridgehead atoms. The zero-order chi connectivity index (χ0) is 17.4. The van der Waals surface area contributed by atoms with Gasteiger partial charge in [-0.1, -0.05) is 23.1 Å². The van der Waals surface area contributed by atoms with Crippen molar-refractivity contribution < 1.29 is 14.3 Å². The third-order valence-electron chi connectivity index (χ3n) is 2.76. The van der Waals surface area contributed by atoms with Gasteiger partial charge in [0.1, 0.15) is 0 Å². The summed E-state index contributed by atoms with van der Waals surface area (Å²) in [5.74, 6) is 0.272. The number of ether oxygens (including phenoxy) is 1. The third-order valence-corrected chi connectivity index (χ3v) is 5.90. The number of hydrogen-bond acceptors (Lipinski definition) is 9. The Kier molecular flexibility index (Phi) is 7.63. The molecule has 24 heavy (non-hydrogen) atoms. The highest BCUT2D eigenvalue weighted by molar-refractivity contribution is 8.01. The van der Waals surface area contributed by atoms with Crippen molar-refractivity contribution in [3.8, 4) is 0 Å². The van der Waals surface area contributed by atoms with Gasteiger partial charge < -0.3 is 15.4 Å². The topological polar surface area (TPSA) is 93.2 Å². The predicted octanol–water partition coefficient (Wildman–Crippen LogP) is 2.27. The minimum absolute atomic E-state index is 0.0446. The SMILES string of the molecule is COCCNc1nnc(SCC(=O)c2ccc(CNC(C)=O)s2)s1. The molecule has 0 aromatic carbocycles. The molecule has 2 aromatic heterocycles. The molecule has 10 heteroatoms. The number of nitrogens with one attached hydrogen (secondary N) is 2. The maximum atomic E-state index is 12.2. The molecule has 1 amide bonds. The Bertz CT molecular complexity index is 686. The summed E-state index contributed by atoms with van der Waals surface area (Å²) in [5, 5.41) is 14.6. The van der Waals surface area contributed by atoms with E-state index in [4.69, 9.17) is 4.74 Å². The number of Topliss-reactive ketones (excluding diaryl/α,β-unsaturated/α-hetero) is 1. The molecule has 2 N–H and O–H groups in total. The first-order valence-electron chi connectivity index (χ1n) is 7.14. The van der Waals surface area contributed by atoms with E-state index in [0.717, 1.165) is 14.3 Å². The molecule has 0 saturated carbocycles. The normalized spacial score (nSPS) is 10.6. The molecule has 0 aliphatic rings. The quantitative estimate of drug-likeness (QED) is 0.367. The van der Waals surface area contributed by atoms with E-state index in [1.807, 2.05) is 6.07 Å². The fraction of sp³-hybridized carbons (Fsp3) is 0.429.